The van der Waals surface area contributed by atoms with E-state index >= 15 is 0 Å². The first kappa shape index (κ1) is 14.7. The average molecular weight is 327 g/mol. The predicted octanol–water partition coefficient (Wildman–Crippen LogP) is 4.97. The van der Waals surface area contributed by atoms with E-state index in [4.69, 9.17) is 9.47 Å². The number of hydrogen-bond acceptors (Lipinski definition) is 2. The summed E-state index contributed by atoms with van der Waals surface area (Å²) in [6.07, 6.45) is 2.75. The third-order valence-corrected chi connectivity index (χ3v) is 5.08. The minimum absolute atomic E-state index is 0.398. The van der Waals surface area contributed by atoms with Crippen LogP contribution in [0, 0.1) is 11.8 Å². The van der Waals surface area contributed by atoms with E-state index in [0.717, 1.165) is 17.4 Å². The van der Waals surface area contributed by atoms with E-state index in [9.17, 15) is 0 Å². The number of rotatable bonds is 7. The molecule has 0 amide bonds. The molecular weight excluding hydrogens is 304 g/mol. The van der Waals surface area contributed by atoms with Gasteiger partial charge in [0.05, 0.1) is 13.2 Å². The highest BCUT2D eigenvalue weighted by molar-refractivity contribution is 9.09. The van der Waals surface area contributed by atoms with Gasteiger partial charge in [-0.3, -0.25) is 0 Å². The van der Waals surface area contributed by atoms with Gasteiger partial charge in [0.2, 0.25) is 0 Å². The van der Waals surface area contributed by atoms with Crippen molar-refractivity contribution >= 4 is 15.9 Å². The zero-order valence-electron chi connectivity index (χ0n) is 12.0. The van der Waals surface area contributed by atoms with E-state index in [0.29, 0.717) is 24.0 Å². The van der Waals surface area contributed by atoms with Gasteiger partial charge < -0.3 is 9.47 Å². The Hall–Kier alpha value is -0.700. The Morgan fingerprint density at radius 1 is 1.16 bits per heavy atom. The van der Waals surface area contributed by atoms with Crippen LogP contribution in [-0.4, -0.2) is 13.2 Å². The Kier molecular flexibility index (Phi) is 5.14. The van der Waals surface area contributed by atoms with Gasteiger partial charge in [-0.2, -0.15) is 0 Å². The smallest absolute Gasteiger partial charge is 0.161 e. The molecule has 2 unspecified atom stereocenters. The molecule has 0 spiro atoms. The fraction of sp³-hybridized carbons (Fsp3) is 0.625. The second-order valence-electron chi connectivity index (χ2n) is 5.17. The lowest BCUT2D eigenvalue weighted by Crippen LogP contribution is -2.06. The summed E-state index contributed by atoms with van der Waals surface area (Å²) < 4.78 is 11.3. The van der Waals surface area contributed by atoms with Gasteiger partial charge in [0.15, 0.2) is 11.5 Å². The fourth-order valence-electron chi connectivity index (χ4n) is 2.40. The summed E-state index contributed by atoms with van der Waals surface area (Å²) in [5, 5.41) is 0. The van der Waals surface area contributed by atoms with Crippen LogP contribution < -0.4 is 9.47 Å². The largest absolute Gasteiger partial charge is 0.490 e. The van der Waals surface area contributed by atoms with Crippen molar-refractivity contribution in [2.75, 3.05) is 13.2 Å². The lowest BCUT2D eigenvalue weighted by molar-refractivity contribution is 0.287. The third-order valence-electron chi connectivity index (χ3n) is 3.71. The molecule has 0 aliphatic heterocycles. The van der Waals surface area contributed by atoms with Crippen LogP contribution in [0.5, 0.6) is 11.5 Å². The molecule has 2 nitrogen and oxygen atoms in total. The molecule has 2 rings (SSSR count). The number of ether oxygens (including phenoxy) is 2. The van der Waals surface area contributed by atoms with E-state index in [1.807, 2.05) is 19.9 Å². The molecule has 1 aromatic carbocycles. The second-order valence-corrected chi connectivity index (χ2v) is 6.16. The molecule has 3 heteroatoms. The Bertz CT molecular complexity index is 415. The Morgan fingerprint density at radius 2 is 1.79 bits per heavy atom. The van der Waals surface area contributed by atoms with Crippen molar-refractivity contribution in [1.29, 1.82) is 0 Å². The van der Waals surface area contributed by atoms with Crippen molar-refractivity contribution in [3.63, 3.8) is 0 Å². The van der Waals surface area contributed by atoms with E-state index in [2.05, 4.69) is 35.0 Å². The summed E-state index contributed by atoms with van der Waals surface area (Å²) in [6, 6.07) is 6.29. The molecule has 0 radical (unpaired) electrons. The quantitative estimate of drug-likeness (QED) is 0.659. The molecule has 0 aromatic heterocycles. The minimum Gasteiger partial charge on any atom is -0.490 e. The molecule has 1 aromatic rings. The highest BCUT2D eigenvalue weighted by Gasteiger charge is 2.33. The van der Waals surface area contributed by atoms with Gasteiger partial charge in [-0.1, -0.05) is 28.9 Å². The van der Waals surface area contributed by atoms with Gasteiger partial charge in [0.1, 0.15) is 0 Å². The van der Waals surface area contributed by atoms with E-state index in [1.54, 1.807) is 0 Å². The first-order valence-corrected chi connectivity index (χ1v) is 8.12. The molecule has 106 valence electrons. The molecule has 0 heterocycles. The van der Waals surface area contributed by atoms with Gasteiger partial charge in [0.25, 0.3) is 0 Å². The minimum atomic E-state index is 0.398. The highest BCUT2D eigenvalue weighted by Crippen LogP contribution is 2.47. The highest BCUT2D eigenvalue weighted by atomic mass is 79.9. The molecule has 0 bridgehead atoms. The monoisotopic (exact) mass is 326 g/mol. The van der Waals surface area contributed by atoms with E-state index in [1.165, 1.54) is 18.4 Å². The second kappa shape index (κ2) is 6.65. The summed E-state index contributed by atoms with van der Waals surface area (Å²) in [7, 11) is 0. The Balaban J connectivity index is 2.18. The zero-order chi connectivity index (χ0) is 13.8. The summed E-state index contributed by atoms with van der Waals surface area (Å²) >= 11 is 3.84. The SMILES string of the molecule is CCOc1ccc(C(Br)C(C)C2CC2)cc1OCC. The standard InChI is InChI=1S/C16H23BrO2/c1-4-18-14-9-8-13(10-15(14)19-5-2)16(17)11(3)12-6-7-12/h8-12,16H,4-7H2,1-3H3. The van der Waals surface area contributed by atoms with Crippen LogP contribution in [0.2, 0.25) is 0 Å². The van der Waals surface area contributed by atoms with Crippen LogP contribution in [0.3, 0.4) is 0 Å². The van der Waals surface area contributed by atoms with Crippen molar-refractivity contribution in [3.05, 3.63) is 23.8 Å². The summed E-state index contributed by atoms with van der Waals surface area (Å²) in [6.45, 7) is 7.64. The van der Waals surface area contributed by atoms with Crippen LogP contribution in [0.15, 0.2) is 18.2 Å². The molecule has 1 aliphatic carbocycles. The lowest BCUT2D eigenvalue weighted by Gasteiger charge is -2.20. The van der Waals surface area contributed by atoms with Crippen molar-refractivity contribution in [2.24, 2.45) is 11.8 Å². The molecule has 1 fully saturated rings. The van der Waals surface area contributed by atoms with Crippen molar-refractivity contribution in [2.45, 2.75) is 38.4 Å². The molecule has 1 aliphatic rings. The van der Waals surface area contributed by atoms with E-state index in [-0.39, 0.29) is 0 Å². The van der Waals surface area contributed by atoms with Gasteiger partial charge in [-0.25, -0.2) is 0 Å². The van der Waals surface area contributed by atoms with Crippen LogP contribution in [0.4, 0.5) is 0 Å². The number of hydrogen-bond donors (Lipinski definition) is 0. The normalized spacial score (nSPS) is 17.9. The first-order valence-electron chi connectivity index (χ1n) is 7.21. The zero-order valence-corrected chi connectivity index (χ0v) is 13.6. The topological polar surface area (TPSA) is 18.5 Å². The number of alkyl halides is 1. The van der Waals surface area contributed by atoms with Gasteiger partial charge in [0, 0.05) is 4.83 Å². The van der Waals surface area contributed by atoms with Crippen molar-refractivity contribution in [1.82, 2.24) is 0 Å². The number of benzene rings is 1. The van der Waals surface area contributed by atoms with Gasteiger partial charge in [-0.15, -0.1) is 0 Å². The molecule has 0 N–H and O–H groups in total. The Labute approximate surface area is 124 Å². The van der Waals surface area contributed by atoms with Crippen LogP contribution in [0.25, 0.3) is 0 Å². The summed E-state index contributed by atoms with van der Waals surface area (Å²) in [5.41, 5.74) is 1.28. The average Bonchev–Trinajstić information content (AvgIpc) is 3.24. The molecule has 19 heavy (non-hydrogen) atoms. The summed E-state index contributed by atoms with van der Waals surface area (Å²) in [4.78, 5) is 0.398. The van der Waals surface area contributed by atoms with Crippen LogP contribution >= 0.6 is 15.9 Å². The van der Waals surface area contributed by atoms with E-state index < -0.39 is 0 Å². The molecular formula is C16H23BrO2. The summed E-state index contributed by atoms with van der Waals surface area (Å²) in [5.74, 6) is 3.25. The maximum atomic E-state index is 5.69. The van der Waals surface area contributed by atoms with Crippen LogP contribution in [-0.2, 0) is 0 Å². The van der Waals surface area contributed by atoms with Gasteiger partial charge in [-0.05, 0) is 56.2 Å². The molecule has 0 saturated heterocycles. The van der Waals surface area contributed by atoms with Crippen LogP contribution in [0.1, 0.15) is 44.0 Å². The first-order chi connectivity index (χ1) is 9.17. The number of halogens is 1. The molecule has 2 atom stereocenters. The van der Waals surface area contributed by atoms with Gasteiger partial charge >= 0.3 is 0 Å². The fourth-order valence-corrected chi connectivity index (χ4v) is 3.12. The Morgan fingerprint density at radius 3 is 2.37 bits per heavy atom. The van der Waals surface area contributed by atoms with Crippen molar-refractivity contribution in [3.8, 4) is 11.5 Å². The van der Waals surface area contributed by atoms with Crippen molar-refractivity contribution < 1.29 is 9.47 Å². The predicted molar refractivity (Wildman–Crippen MR) is 82.3 cm³/mol. The molecule has 1 saturated carbocycles. The maximum absolute atomic E-state index is 5.69. The third kappa shape index (κ3) is 3.65. The maximum Gasteiger partial charge on any atom is 0.161 e. The lowest BCUT2D eigenvalue weighted by atomic mass is 9.96.